The summed E-state index contributed by atoms with van der Waals surface area (Å²) in [6.07, 6.45) is 0. The first-order valence-electron chi connectivity index (χ1n) is 7.26. The van der Waals surface area contributed by atoms with E-state index in [0.29, 0.717) is 12.3 Å². The third kappa shape index (κ3) is 5.21. The van der Waals surface area contributed by atoms with Gasteiger partial charge in [-0.3, -0.25) is 4.79 Å². The first kappa shape index (κ1) is 17.2. The SMILES string of the molecule is COc1cccc(CN(C)C(=O)CSc2cccc(OC)c2)c1. The van der Waals surface area contributed by atoms with Gasteiger partial charge in [0.25, 0.3) is 0 Å². The van der Waals surface area contributed by atoms with E-state index in [2.05, 4.69) is 0 Å². The second-order valence-electron chi connectivity index (χ2n) is 5.07. The third-order valence-corrected chi connectivity index (χ3v) is 4.36. The van der Waals surface area contributed by atoms with Gasteiger partial charge < -0.3 is 14.4 Å². The Morgan fingerprint density at radius 2 is 1.70 bits per heavy atom. The van der Waals surface area contributed by atoms with Crippen LogP contribution in [0, 0.1) is 0 Å². The molecule has 0 spiro atoms. The van der Waals surface area contributed by atoms with Crippen LogP contribution in [0.1, 0.15) is 5.56 Å². The molecule has 0 fully saturated rings. The Labute approximate surface area is 141 Å². The molecule has 122 valence electrons. The van der Waals surface area contributed by atoms with Crippen molar-refractivity contribution >= 4 is 17.7 Å². The molecular weight excluding hydrogens is 310 g/mol. The predicted octanol–water partition coefficient (Wildman–Crippen LogP) is 3.45. The van der Waals surface area contributed by atoms with Crippen LogP contribution >= 0.6 is 11.8 Å². The first-order chi connectivity index (χ1) is 11.1. The van der Waals surface area contributed by atoms with E-state index in [-0.39, 0.29) is 5.91 Å². The van der Waals surface area contributed by atoms with Gasteiger partial charge in [0.15, 0.2) is 0 Å². The molecule has 1 amide bonds. The molecule has 0 radical (unpaired) electrons. The van der Waals surface area contributed by atoms with E-state index in [9.17, 15) is 4.79 Å². The van der Waals surface area contributed by atoms with Gasteiger partial charge in [-0.2, -0.15) is 0 Å². The maximum absolute atomic E-state index is 12.3. The average Bonchev–Trinajstić information content (AvgIpc) is 2.59. The van der Waals surface area contributed by atoms with Gasteiger partial charge in [0.05, 0.1) is 20.0 Å². The number of nitrogens with zero attached hydrogens (tertiary/aromatic N) is 1. The molecule has 0 heterocycles. The molecule has 0 saturated carbocycles. The van der Waals surface area contributed by atoms with Crippen molar-refractivity contribution in [2.75, 3.05) is 27.0 Å². The van der Waals surface area contributed by atoms with Gasteiger partial charge in [-0.1, -0.05) is 18.2 Å². The van der Waals surface area contributed by atoms with Gasteiger partial charge in [0, 0.05) is 18.5 Å². The zero-order valence-electron chi connectivity index (χ0n) is 13.6. The van der Waals surface area contributed by atoms with Gasteiger partial charge in [0.1, 0.15) is 11.5 Å². The summed E-state index contributed by atoms with van der Waals surface area (Å²) in [5.74, 6) is 2.08. The number of carbonyl (C=O) groups is 1. The summed E-state index contributed by atoms with van der Waals surface area (Å²) in [5.41, 5.74) is 1.05. The fraction of sp³-hybridized carbons (Fsp3) is 0.278. The minimum Gasteiger partial charge on any atom is -0.497 e. The van der Waals surface area contributed by atoms with Crippen LogP contribution in [0.5, 0.6) is 11.5 Å². The summed E-state index contributed by atoms with van der Waals surface area (Å²) in [7, 11) is 5.09. The van der Waals surface area contributed by atoms with Crippen molar-refractivity contribution < 1.29 is 14.3 Å². The molecule has 0 bridgehead atoms. The Morgan fingerprint density at radius 1 is 1.04 bits per heavy atom. The minimum atomic E-state index is 0.0839. The van der Waals surface area contributed by atoms with Gasteiger partial charge >= 0.3 is 0 Å². The molecule has 5 heteroatoms. The number of benzene rings is 2. The molecule has 23 heavy (non-hydrogen) atoms. The quantitative estimate of drug-likeness (QED) is 0.729. The average molecular weight is 331 g/mol. The summed E-state index contributed by atoms with van der Waals surface area (Å²) in [6.45, 7) is 0.564. The summed E-state index contributed by atoms with van der Waals surface area (Å²) in [5, 5.41) is 0. The fourth-order valence-electron chi connectivity index (χ4n) is 2.08. The summed E-state index contributed by atoms with van der Waals surface area (Å²) < 4.78 is 10.4. The highest BCUT2D eigenvalue weighted by Gasteiger charge is 2.10. The highest BCUT2D eigenvalue weighted by molar-refractivity contribution is 8.00. The smallest absolute Gasteiger partial charge is 0.232 e. The second kappa shape index (κ2) is 8.48. The Bertz CT molecular complexity index is 660. The van der Waals surface area contributed by atoms with E-state index in [1.54, 1.807) is 19.1 Å². The van der Waals surface area contributed by atoms with Crippen LogP contribution < -0.4 is 9.47 Å². The summed E-state index contributed by atoms with van der Waals surface area (Å²) in [6, 6.07) is 15.5. The lowest BCUT2D eigenvalue weighted by molar-refractivity contribution is -0.127. The topological polar surface area (TPSA) is 38.8 Å². The van der Waals surface area contributed by atoms with E-state index in [1.807, 2.05) is 55.6 Å². The maximum atomic E-state index is 12.3. The van der Waals surface area contributed by atoms with Crippen molar-refractivity contribution in [2.24, 2.45) is 0 Å². The molecule has 0 N–H and O–H groups in total. The van der Waals surface area contributed by atoms with Crippen molar-refractivity contribution in [2.45, 2.75) is 11.4 Å². The van der Waals surface area contributed by atoms with Crippen molar-refractivity contribution in [3.8, 4) is 11.5 Å². The number of amides is 1. The van der Waals surface area contributed by atoms with Crippen LogP contribution in [-0.2, 0) is 11.3 Å². The van der Waals surface area contributed by atoms with E-state index < -0.39 is 0 Å². The van der Waals surface area contributed by atoms with Gasteiger partial charge in [-0.25, -0.2) is 0 Å². The number of hydrogen-bond donors (Lipinski definition) is 0. The number of hydrogen-bond acceptors (Lipinski definition) is 4. The molecule has 0 saturated heterocycles. The van der Waals surface area contributed by atoms with Crippen LogP contribution in [-0.4, -0.2) is 37.8 Å². The molecule has 0 aliphatic rings. The summed E-state index contributed by atoms with van der Waals surface area (Å²) in [4.78, 5) is 15.0. The lowest BCUT2D eigenvalue weighted by Gasteiger charge is -2.17. The van der Waals surface area contributed by atoms with E-state index in [4.69, 9.17) is 9.47 Å². The molecule has 0 unspecified atom stereocenters. The van der Waals surface area contributed by atoms with Gasteiger partial charge in [0.2, 0.25) is 5.91 Å². The van der Waals surface area contributed by atoms with E-state index in [1.165, 1.54) is 11.8 Å². The van der Waals surface area contributed by atoms with Gasteiger partial charge in [-0.15, -0.1) is 11.8 Å². The van der Waals surface area contributed by atoms with Crippen LogP contribution in [0.25, 0.3) is 0 Å². The highest BCUT2D eigenvalue weighted by Crippen LogP contribution is 2.23. The molecular formula is C18H21NO3S. The van der Waals surface area contributed by atoms with Crippen molar-refractivity contribution in [1.29, 1.82) is 0 Å². The molecule has 2 aromatic carbocycles. The highest BCUT2D eigenvalue weighted by atomic mass is 32.2. The van der Waals surface area contributed by atoms with Crippen molar-refractivity contribution in [1.82, 2.24) is 4.90 Å². The zero-order valence-corrected chi connectivity index (χ0v) is 14.4. The Morgan fingerprint density at radius 3 is 2.39 bits per heavy atom. The first-order valence-corrected chi connectivity index (χ1v) is 8.24. The van der Waals surface area contributed by atoms with Crippen LogP contribution in [0.15, 0.2) is 53.4 Å². The zero-order chi connectivity index (χ0) is 16.7. The molecule has 4 nitrogen and oxygen atoms in total. The predicted molar refractivity (Wildman–Crippen MR) is 93.2 cm³/mol. The standard InChI is InChI=1S/C18H21NO3S/c1-19(12-14-6-4-7-15(10-14)21-2)18(20)13-23-17-9-5-8-16(11-17)22-3/h4-11H,12-13H2,1-3H3. The van der Waals surface area contributed by atoms with Crippen LogP contribution in [0.2, 0.25) is 0 Å². The van der Waals surface area contributed by atoms with E-state index >= 15 is 0 Å². The molecule has 0 atom stereocenters. The molecule has 0 aliphatic heterocycles. The minimum absolute atomic E-state index is 0.0839. The second-order valence-corrected chi connectivity index (χ2v) is 6.12. The summed E-state index contributed by atoms with van der Waals surface area (Å²) >= 11 is 1.51. The number of methoxy groups -OCH3 is 2. The maximum Gasteiger partial charge on any atom is 0.232 e. The van der Waals surface area contributed by atoms with Crippen LogP contribution in [0.3, 0.4) is 0 Å². The molecule has 0 aromatic heterocycles. The monoisotopic (exact) mass is 331 g/mol. The third-order valence-electron chi connectivity index (χ3n) is 3.38. The van der Waals surface area contributed by atoms with Gasteiger partial charge in [-0.05, 0) is 35.9 Å². The number of ether oxygens (including phenoxy) is 2. The Balaban J connectivity index is 1.89. The Hall–Kier alpha value is -2.14. The normalized spacial score (nSPS) is 10.2. The molecule has 2 rings (SSSR count). The molecule has 2 aromatic rings. The lowest BCUT2D eigenvalue weighted by atomic mass is 10.2. The lowest BCUT2D eigenvalue weighted by Crippen LogP contribution is -2.27. The largest absolute Gasteiger partial charge is 0.497 e. The van der Waals surface area contributed by atoms with Crippen molar-refractivity contribution in [3.63, 3.8) is 0 Å². The number of thioether (sulfide) groups is 1. The fourth-order valence-corrected chi connectivity index (χ4v) is 2.96. The molecule has 0 aliphatic carbocycles. The number of rotatable bonds is 7. The van der Waals surface area contributed by atoms with E-state index in [0.717, 1.165) is 22.0 Å². The number of carbonyl (C=O) groups excluding carboxylic acids is 1. The van der Waals surface area contributed by atoms with Crippen molar-refractivity contribution in [3.05, 3.63) is 54.1 Å². The van der Waals surface area contributed by atoms with Crippen LogP contribution in [0.4, 0.5) is 0 Å². The Kier molecular flexibility index (Phi) is 6.35.